The second kappa shape index (κ2) is 8.34. The maximum atomic E-state index is 4.67. The fraction of sp³-hybridized carbons (Fsp3) is 0.318. The van der Waals surface area contributed by atoms with E-state index < -0.39 is 0 Å². The summed E-state index contributed by atoms with van der Waals surface area (Å²) in [5.74, 6) is 1.37. The van der Waals surface area contributed by atoms with Crippen molar-refractivity contribution in [3.05, 3.63) is 60.3 Å². The molecule has 1 aliphatic rings. The van der Waals surface area contributed by atoms with Crippen molar-refractivity contribution < 1.29 is 0 Å². The summed E-state index contributed by atoms with van der Waals surface area (Å²) in [6.07, 6.45) is 1.66. The van der Waals surface area contributed by atoms with Crippen LogP contribution in [0.3, 0.4) is 0 Å². The number of anilines is 5. The van der Waals surface area contributed by atoms with Crippen molar-refractivity contribution in [2.45, 2.75) is 6.92 Å². The molecule has 7 nitrogen and oxygen atoms in total. The van der Waals surface area contributed by atoms with Gasteiger partial charge in [0, 0.05) is 57.3 Å². The lowest BCUT2D eigenvalue weighted by atomic mass is 10.2. The predicted molar refractivity (Wildman–Crippen MR) is 119 cm³/mol. The molecule has 0 bridgehead atoms. The molecular weight excluding hydrogens is 362 g/mol. The highest BCUT2D eigenvalue weighted by Crippen LogP contribution is 2.22. The van der Waals surface area contributed by atoms with Crippen molar-refractivity contribution in [1.82, 2.24) is 15.2 Å². The second-order valence-electron chi connectivity index (χ2n) is 7.52. The first-order valence-electron chi connectivity index (χ1n) is 9.89. The van der Waals surface area contributed by atoms with Gasteiger partial charge in [0.05, 0.1) is 6.20 Å². The summed E-state index contributed by atoms with van der Waals surface area (Å²) in [7, 11) is 4.06. The third-order valence-corrected chi connectivity index (χ3v) is 5.13. The van der Waals surface area contributed by atoms with Gasteiger partial charge in [-0.05, 0) is 48.9 Å². The molecule has 29 heavy (non-hydrogen) atoms. The lowest BCUT2D eigenvalue weighted by Crippen LogP contribution is -2.47. The van der Waals surface area contributed by atoms with E-state index in [0.717, 1.165) is 37.6 Å². The highest BCUT2D eigenvalue weighted by Gasteiger charge is 2.20. The lowest BCUT2D eigenvalue weighted by molar-refractivity contribution is 0.635. The molecule has 2 aromatic carbocycles. The molecule has 2 heterocycles. The van der Waals surface area contributed by atoms with Crippen LogP contribution in [-0.4, -0.2) is 55.5 Å². The number of rotatable bonds is 5. The number of hydrogen-bond acceptors (Lipinski definition) is 7. The third-order valence-electron chi connectivity index (χ3n) is 5.13. The molecule has 150 valence electrons. The summed E-state index contributed by atoms with van der Waals surface area (Å²) in [6.45, 7) is 5.76. The molecule has 7 heteroatoms. The molecule has 0 unspecified atom stereocenters. The Labute approximate surface area is 172 Å². The molecule has 1 aromatic heterocycles. The standard InChI is InChI=1S/C22H27N7/c1-17-5-4-6-20(15-17)28-11-13-29(14-12-28)22-25-21(16-23-26-22)24-18-7-9-19(10-8-18)27(2)3/h4-10,15-16H,11-14H2,1-3H3,(H,24,25,26). The molecule has 1 N–H and O–H groups in total. The topological polar surface area (TPSA) is 60.4 Å². The Hall–Kier alpha value is -3.35. The van der Waals surface area contributed by atoms with Crippen molar-refractivity contribution in [2.24, 2.45) is 0 Å². The summed E-state index contributed by atoms with van der Waals surface area (Å²) in [4.78, 5) is 11.3. The van der Waals surface area contributed by atoms with Crippen LogP contribution in [0.4, 0.5) is 28.8 Å². The van der Waals surface area contributed by atoms with Crippen molar-refractivity contribution in [3.8, 4) is 0 Å². The van der Waals surface area contributed by atoms with E-state index >= 15 is 0 Å². The van der Waals surface area contributed by atoms with Crippen LogP contribution >= 0.6 is 0 Å². The molecule has 0 radical (unpaired) electrons. The van der Waals surface area contributed by atoms with Crippen LogP contribution in [0.25, 0.3) is 0 Å². The van der Waals surface area contributed by atoms with Crippen LogP contribution in [0, 0.1) is 6.92 Å². The Kier molecular flexibility index (Phi) is 5.46. The smallest absolute Gasteiger partial charge is 0.247 e. The van der Waals surface area contributed by atoms with Crippen LogP contribution in [0.2, 0.25) is 0 Å². The van der Waals surface area contributed by atoms with E-state index in [-0.39, 0.29) is 0 Å². The van der Waals surface area contributed by atoms with Crippen molar-refractivity contribution >= 4 is 28.8 Å². The zero-order valence-electron chi connectivity index (χ0n) is 17.2. The van der Waals surface area contributed by atoms with E-state index in [0.29, 0.717) is 11.8 Å². The number of benzene rings is 2. The van der Waals surface area contributed by atoms with Crippen LogP contribution in [0.1, 0.15) is 5.56 Å². The average molecular weight is 390 g/mol. The van der Waals surface area contributed by atoms with Gasteiger partial charge in [0.1, 0.15) is 0 Å². The van der Waals surface area contributed by atoms with Gasteiger partial charge in [-0.1, -0.05) is 12.1 Å². The van der Waals surface area contributed by atoms with Gasteiger partial charge in [-0.15, -0.1) is 5.10 Å². The highest BCUT2D eigenvalue weighted by atomic mass is 15.4. The summed E-state index contributed by atoms with van der Waals surface area (Å²) >= 11 is 0. The van der Waals surface area contributed by atoms with Crippen molar-refractivity contribution in [3.63, 3.8) is 0 Å². The zero-order valence-corrected chi connectivity index (χ0v) is 17.2. The predicted octanol–water partition coefficient (Wildman–Crippen LogP) is 3.32. The minimum Gasteiger partial charge on any atom is -0.378 e. The first-order valence-corrected chi connectivity index (χ1v) is 9.89. The van der Waals surface area contributed by atoms with Crippen molar-refractivity contribution in [2.75, 3.05) is 60.3 Å². The molecule has 1 saturated heterocycles. The van der Waals surface area contributed by atoms with Gasteiger partial charge >= 0.3 is 0 Å². The van der Waals surface area contributed by atoms with Crippen LogP contribution in [0.15, 0.2) is 54.7 Å². The fourth-order valence-corrected chi connectivity index (χ4v) is 3.47. The van der Waals surface area contributed by atoms with E-state index in [2.05, 4.69) is 78.5 Å². The maximum absolute atomic E-state index is 4.67. The Bertz CT molecular complexity index is 947. The Balaban J connectivity index is 1.40. The first-order chi connectivity index (χ1) is 14.1. The fourth-order valence-electron chi connectivity index (χ4n) is 3.47. The van der Waals surface area contributed by atoms with Crippen LogP contribution in [-0.2, 0) is 0 Å². The Morgan fingerprint density at radius 3 is 2.34 bits per heavy atom. The number of nitrogens with one attached hydrogen (secondary N) is 1. The van der Waals surface area contributed by atoms with E-state index in [4.69, 9.17) is 0 Å². The van der Waals surface area contributed by atoms with Gasteiger partial charge < -0.3 is 20.0 Å². The van der Waals surface area contributed by atoms with E-state index in [1.54, 1.807) is 6.20 Å². The monoisotopic (exact) mass is 389 g/mol. The van der Waals surface area contributed by atoms with E-state index in [1.165, 1.54) is 11.3 Å². The van der Waals surface area contributed by atoms with Gasteiger partial charge in [-0.3, -0.25) is 0 Å². The largest absolute Gasteiger partial charge is 0.378 e. The van der Waals surface area contributed by atoms with Crippen LogP contribution < -0.4 is 20.0 Å². The quantitative estimate of drug-likeness (QED) is 0.718. The Morgan fingerprint density at radius 2 is 1.66 bits per heavy atom. The number of hydrogen-bond donors (Lipinski definition) is 1. The Morgan fingerprint density at radius 1 is 0.931 bits per heavy atom. The van der Waals surface area contributed by atoms with Crippen LogP contribution in [0.5, 0.6) is 0 Å². The minimum atomic E-state index is 0.670. The first kappa shape index (κ1) is 19.0. The molecule has 0 saturated carbocycles. The molecule has 1 fully saturated rings. The molecule has 0 aliphatic carbocycles. The maximum Gasteiger partial charge on any atom is 0.247 e. The molecule has 0 spiro atoms. The number of piperazine rings is 1. The van der Waals surface area contributed by atoms with Gasteiger partial charge in [0.15, 0.2) is 5.82 Å². The summed E-state index contributed by atoms with van der Waals surface area (Å²) < 4.78 is 0. The number of aromatic nitrogens is 3. The number of nitrogens with zero attached hydrogens (tertiary/aromatic N) is 6. The van der Waals surface area contributed by atoms with Gasteiger partial charge in [0.25, 0.3) is 0 Å². The molecular formula is C22H27N7. The van der Waals surface area contributed by atoms with E-state index in [9.17, 15) is 0 Å². The zero-order chi connectivity index (χ0) is 20.2. The number of aryl methyl sites for hydroxylation is 1. The summed E-state index contributed by atoms with van der Waals surface area (Å²) in [5, 5.41) is 11.7. The van der Waals surface area contributed by atoms with Gasteiger partial charge in [-0.25, -0.2) is 0 Å². The summed E-state index contributed by atoms with van der Waals surface area (Å²) in [6, 6.07) is 16.9. The summed E-state index contributed by atoms with van der Waals surface area (Å²) in [5.41, 5.74) is 4.70. The molecule has 1 aliphatic heterocycles. The SMILES string of the molecule is Cc1cccc(N2CCN(c3nncc(Nc4ccc(N(C)C)cc4)n3)CC2)c1. The normalized spacial score (nSPS) is 14.0. The average Bonchev–Trinajstić information content (AvgIpc) is 2.74. The minimum absolute atomic E-state index is 0.670. The second-order valence-corrected chi connectivity index (χ2v) is 7.52. The lowest BCUT2D eigenvalue weighted by Gasteiger charge is -2.36. The van der Waals surface area contributed by atoms with E-state index in [1.807, 2.05) is 26.2 Å². The highest BCUT2D eigenvalue weighted by molar-refractivity contribution is 5.60. The van der Waals surface area contributed by atoms with Gasteiger partial charge in [-0.2, -0.15) is 10.1 Å². The van der Waals surface area contributed by atoms with Gasteiger partial charge in [0.2, 0.25) is 5.95 Å². The third kappa shape index (κ3) is 4.56. The molecule has 4 rings (SSSR count). The molecule has 0 amide bonds. The molecule has 0 atom stereocenters. The molecule has 3 aromatic rings. The van der Waals surface area contributed by atoms with Crippen molar-refractivity contribution in [1.29, 1.82) is 0 Å².